The van der Waals surface area contributed by atoms with Crippen LogP contribution in [-0.4, -0.2) is 60.1 Å². The first kappa shape index (κ1) is 24.4. The second-order valence-electron chi connectivity index (χ2n) is 7.44. The predicted octanol–water partition coefficient (Wildman–Crippen LogP) is 3.94. The van der Waals surface area contributed by atoms with E-state index >= 15 is 0 Å². The van der Waals surface area contributed by atoms with Crippen molar-refractivity contribution in [3.05, 3.63) is 57.2 Å². The number of rotatable bonds is 9. The molecule has 0 fully saturated rings. The van der Waals surface area contributed by atoms with Gasteiger partial charge in [0.1, 0.15) is 0 Å². The number of thioether (sulfide) groups is 1. The van der Waals surface area contributed by atoms with E-state index in [9.17, 15) is 9.59 Å². The minimum atomic E-state index is -0.388. The number of carbonyl (C=O) groups is 2. The van der Waals surface area contributed by atoms with E-state index in [1.54, 1.807) is 12.0 Å². The summed E-state index contributed by atoms with van der Waals surface area (Å²) in [5.41, 5.74) is 3.04. The Morgan fingerprint density at radius 1 is 1.25 bits per heavy atom. The second-order valence-corrected chi connectivity index (χ2v) is 8.71. The molecule has 2 aliphatic rings. The molecular weight excluding hydrogens is 448 g/mol. The number of nitrogens with zero attached hydrogens (tertiary/aromatic N) is 3. The highest BCUT2D eigenvalue weighted by molar-refractivity contribution is 8.16. The van der Waals surface area contributed by atoms with Gasteiger partial charge in [0.15, 0.2) is 5.17 Å². The molecule has 3 rings (SSSR count). The Hall–Kier alpha value is -2.29. The highest BCUT2D eigenvalue weighted by Gasteiger charge is 2.41. The first-order chi connectivity index (χ1) is 15.4. The number of fused-ring (bicyclic) bond motifs is 1. The van der Waals surface area contributed by atoms with Crippen LogP contribution in [-0.2, 0) is 14.3 Å². The van der Waals surface area contributed by atoms with E-state index in [0.29, 0.717) is 42.5 Å². The monoisotopic (exact) mass is 476 g/mol. The van der Waals surface area contributed by atoms with E-state index in [2.05, 4.69) is 5.32 Å². The van der Waals surface area contributed by atoms with Crippen LogP contribution < -0.4 is 5.32 Å². The van der Waals surface area contributed by atoms with Crippen LogP contribution in [0.3, 0.4) is 0 Å². The molecule has 0 aliphatic carbocycles. The van der Waals surface area contributed by atoms with Gasteiger partial charge in [-0.05, 0) is 43.9 Å². The zero-order valence-corrected chi connectivity index (χ0v) is 20.4. The number of ether oxygens (including phenoxy) is 1. The summed E-state index contributed by atoms with van der Waals surface area (Å²) >= 11 is 7.61. The Balaban J connectivity index is 1.99. The minimum absolute atomic E-state index is 0.0453. The van der Waals surface area contributed by atoms with E-state index in [-0.39, 0.29) is 24.3 Å². The van der Waals surface area contributed by atoms with Gasteiger partial charge in [-0.3, -0.25) is 9.59 Å². The number of allylic oxidation sites excluding steroid dienone is 1. The number of halogens is 1. The molecule has 2 amide bonds. The van der Waals surface area contributed by atoms with Crippen molar-refractivity contribution in [2.45, 2.75) is 33.2 Å². The van der Waals surface area contributed by atoms with Gasteiger partial charge in [-0.1, -0.05) is 35.5 Å². The molecule has 1 N–H and O–H groups in total. The third kappa shape index (κ3) is 5.19. The smallest absolute Gasteiger partial charge is 0.254 e. The zero-order chi connectivity index (χ0) is 23.3. The van der Waals surface area contributed by atoms with Crippen LogP contribution >= 0.6 is 23.4 Å². The van der Waals surface area contributed by atoms with Crippen molar-refractivity contribution in [1.29, 1.82) is 0 Å². The van der Waals surface area contributed by atoms with E-state index in [1.807, 2.05) is 55.3 Å². The molecule has 1 atom stereocenters. The van der Waals surface area contributed by atoms with E-state index < -0.39 is 0 Å². The summed E-state index contributed by atoms with van der Waals surface area (Å²) in [7, 11) is 1.60. The van der Waals surface area contributed by atoms with Crippen molar-refractivity contribution in [1.82, 2.24) is 15.1 Å². The van der Waals surface area contributed by atoms with Crippen LogP contribution in [0.15, 0.2) is 51.6 Å². The molecule has 0 radical (unpaired) electrons. The van der Waals surface area contributed by atoms with Crippen LogP contribution in [0.5, 0.6) is 0 Å². The van der Waals surface area contributed by atoms with Gasteiger partial charge in [0.2, 0.25) is 5.91 Å². The van der Waals surface area contributed by atoms with Gasteiger partial charge in [-0.25, -0.2) is 4.99 Å². The number of benzene rings is 1. The molecule has 0 spiro atoms. The molecule has 9 heteroatoms. The summed E-state index contributed by atoms with van der Waals surface area (Å²) in [4.78, 5) is 34.6. The zero-order valence-electron chi connectivity index (χ0n) is 18.9. The number of amides is 2. The van der Waals surface area contributed by atoms with Gasteiger partial charge in [0.05, 0.1) is 30.3 Å². The summed E-state index contributed by atoms with van der Waals surface area (Å²) in [5.74, 6) is -0.149. The molecule has 0 saturated heterocycles. The predicted molar refractivity (Wildman–Crippen MR) is 129 cm³/mol. The van der Waals surface area contributed by atoms with Crippen molar-refractivity contribution >= 4 is 40.3 Å². The number of likely N-dealkylation sites (N-methyl/N-ethyl adjacent to an activating group) is 1. The molecule has 1 unspecified atom stereocenters. The van der Waals surface area contributed by atoms with E-state index in [0.717, 1.165) is 16.4 Å². The normalized spacial score (nSPS) is 17.7. The van der Waals surface area contributed by atoms with Gasteiger partial charge in [0, 0.05) is 37.5 Å². The maximum Gasteiger partial charge on any atom is 0.254 e. The van der Waals surface area contributed by atoms with Gasteiger partial charge < -0.3 is 19.9 Å². The number of hydrogen-bond acceptors (Lipinski definition) is 6. The van der Waals surface area contributed by atoms with Crippen LogP contribution in [0.25, 0.3) is 0 Å². The molecule has 0 aromatic heterocycles. The van der Waals surface area contributed by atoms with E-state index in [4.69, 9.17) is 21.3 Å². The highest BCUT2D eigenvalue weighted by Crippen LogP contribution is 2.45. The molecule has 2 aliphatic heterocycles. The van der Waals surface area contributed by atoms with Crippen LogP contribution in [0.1, 0.15) is 38.8 Å². The third-order valence-corrected chi connectivity index (χ3v) is 6.58. The molecule has 0 bridgehead atoms. The maximum absolute atomic E-state index is 13.5. The number of methoxy groups -OCH3 is 1. The Morgan fingerprint density at radius 3 is 2.56 bits per heavy atom. The fraction of sp³-hybridized carbons (Fsp3) is 0.435. The first-order valence-electron chi connectivity index (χ1n) is 10.7. The maximum atomic E-state index is 13.5. The molecule has 1 aromatic carbocycles. The van der Waals surface area contributed by atoms with Crippen molar-refractivity contribution < 1.29 is 14.3 Å². The number of nitrogens with one attached hydrogen (secondary N) is 1. The first-order valence-corrected chi connectivity index (χ1v) is 11.9. The average molecular weight is 477 g/mol. The van der Waals surface area contributed by atoms with Crippen LogP contribution in [0.4, 0.5) is 0 Å². The Morgan fingerprint density at radius 2 is 1.94 bits per heavy atom. The molecule has 2 heterocycles. The lowest BCUT2D eigenvalue weighted by molar-refractivity contribution is -0.127. The van der Waals surface area contributed by atoms with Gasteiger partial charge in [-0.15, -0.1) is 0 Å². The fourth-order valence-electron chi connectivity index (χ4n) is 3.80. The summed E-state index contributed by atoms with van der Waals surface area (Å²) in [6, 6.07) is 7.11. The lowest BCUT2D eigenvalue weighted by atomic mass is 9.92. The largest absolute Gasteiger partial charge is 0.383 e. The summed E-state index contributed by atoms with van der Waals surface area (Å²) in [5, 5.41) is 6.19. The summed E-state index contributed by atoms with van der Waals surface area (Å²) < 4.78 is 5.01. The fourth-order valence-corrected chi connectivity index (χ4v) is 4.89. The topological polar surface area (TPSA) is 74.2 Å². The SMILES string of the molecule is CCN(CC)C(=O)C1=C(C)N=C2SC=C(CC(=O)NCCOC)N2C1c1ccc(Cl)cc1. The number of carbonyl (C=O) groups excluding carboxylic acids is 2. The molecule has 172 valence electrons. The van der Waals surface area contributed by atoms with E-state index in [1.165, 1.54) is 11.8 Å². The van der Waals surface area contributed by atoms with Crippen LogP contribution in [0.2, 0.25) is 5.02 Å². The van der Waals surface area contributed by atoms with Crippen molar-refractivity contribution in [3.63, 3.8) is 0 Å². The van der Waals surface area contributed by atoms with Gasteiger partial charge >= 0.3 is 0 Å². The summed E-state index contributed by atoms with van der Waals surface area (Å²) in [6.07, 6.45) is 0.186. The standard InChI is InChI=1S/C23H29ClN4O3S/c1-5-27(6-2)22(30)20-15(3)26-23-28(21(20)16-7-9-17(24)10-8-16)18(14-32-23)13-19(29)25-11-12-31-4/h7-10,14,21H,5-6,11-13H2,1-4H3,(H,25,29). The lowest BCUT2D eigenvalue weighted by Crippen LogP contribution is -2.42. The molecule has 0 saturated carbocycles. The Bertz CT molecular complexity index is 954. The van der Waals surface area contributed by atoms with Gasteiger partial charge in [0.25, 0.3) is 5.91 Å². The molecule has 1 aromatic rings. The third-order valence-electron chi connectivity index (χ3n) is 5.44. The van der Waals surface area contributed by atoms with Crippen molar-refractivity contribution in [2.75, 3.05) is 33.4 Å². The number of amidine groups is 1. The lowest BCUT2D eigenvalue weighted by Gasteiger charge is -2.38. The average Bonchev–Trinajstić information content (AvgIpc) is 3.16. The highest BCUT2D eigenvalue weighted by atomic mass is 35.5. The number of hydrogen-bond donors (Lipinski definition) is 1. The summed E-state index contributed by atoms with van der Waals surface area (Å²) in [6.45, 7) is 7.92. The number of aliphatic imine (C=N–C) groups is 1. The quantitative estimate of drug-likeness (QED) is 0.546. The van der Waals surface area contributed by atoms with Crippen LogP contribution in [0, 0.1) is 0 Å². The molecule has 32 heavy (non-hydrogen) atoms. The van der Waals surface area contributed by atoms with Crippen molar-refractivity contribution in [2.24, 2.45) is 4.99 Å². The van der Waals surface area contributed by atoms with Gasteiger partial charge in [-0.2, -0.15) is 0 Å². The minimum Gasteiger partial charge on any atom is -0.383 e. The van der Waals surface area contributed by atoms with Crippen molar-refractivity contribution in [3.8, 4) is 0 Å². The molecule has 7 nitrogen and oxygen atoms in total. The molecular formula is C23H29ClN4O3S. The Labute approximate surface area is 198 Å². The Kier molecular flexibility index (Phi) is 8.39. The second kappa shape index (κ2) is 11.0.